The Hall–Kier alpha value is -3.12. The van der Waals surface area contributed by atoms with Crippen molar-refractivity contribution in [2.45, 2.75) is 32.7 Å². The van der Waals surface area contributed by atoms with E-state index >= 15 is 0 Å². The quantitative estimate of drug-likeness (QED) is 0.648. The molecule has 2 N–H and O–H groups in total. The molecule has 1 aliphatic heterocycles. The molecule has 4 rings (SSSR count). The van der Waals surface area contributed by atoms with Crippen molar-refractivity contribution in [1.29, 1.82) is 0 Å². The van der Waals surface area contributed by atoms with Crippen LogP contribution in [-0.2, 0) is 16.0 Å². The Labute approximate surface area is 173 Å². The maximum absolute atomic E-state index is 12.6. The first-order valence-electron chi connectivity index (χ1n) is 9.51. The normalized spacial score (nSPS) is 15.1. The number of carbonyl (C=O) groups is 2. The minimum atomic E-state index is -0.688. The Morgan fingerprint density at radius 2 is 2.03 bits per heavy atom. The highest BCUT2D eigenvalue weighted by atomic mass is 35.5. The summed E-state index contributed by atoms with van der Waals surface area (Å²) in [6.07, 6.45) is 0.701. The molecule has 2 heterocycles. The molecule has 6 nitrogen and oxygen atoms in total. The molecule has 0 spiro atoms. The van der Waals surface area contributed by atoms with Gasteiger partial charge in [-0.25, -0.2) is 4.68 Å². The molecule has 1 atom stereocenters. The fourth-order valence-electron chi connectivity index (χ4n) is 3.60. The summed E-state index contributed by atoms with van der Waals surface area (Å²) in [6, 6.07) is 14.3. The zero-order valence-electron chi connectivity index (χ0n) is 16.2. The van der Waals surface area contributed by atoms with Gasteiger partial charge in [-0.1, -0.05) is 48.9 Å². The fraction of sp³-hybridized carbons (Fsp3) is 0.227. The van der Waals surface area contributed by atoms with Gasteiger partial charge in [-0.2, -0.15) is 5.10 Å². The topological polar surface area (TPSA) is 76.0 Å². The van der Waals surface area contributed by atoms with Crippen LogP contribution < -0.4 is 10.6 Å². The number of aromatic nitrogens is 2. The highest BCUT2D eigenvalue weighted by Gasteiger charge is 2.36. The Balaban J connectivity index is 1.63. The molecule has 1 aromatic heterocycles. The van der Waals surface area contributed by atoms with Crippen LogP contribution in [0.15, 0.2) is 48.5 Å². The number of aryl methyl sites for hydroxylation is 2. The first-order valence-corrected chi connectivity index (χ1v) is 9.89. The van der Waals surface area contributed by atoms with Crippen molar-refractivity contribution in [2.24, 2.45) is 0 Å². The van der Waals surface area contributed by atoms with E-state index in [0.717, 1.165) is 28.1 Å². The monoisotopic (exact) mass is 408 g/mol. The molecule has 1 unspecified atom stereocenters. The molecule has 0 saturated carbocycles. The lowest BCUT2D eigenvalue weighted by Crippen LogP contribution is -2.24. The van der Waals surface area contributed by atoms with Crippen molar-refractivity contribution < 1.29 is 9.59 Å². The Morgan fingerprint density at radius 3 is 2.76 bits per heavy atom. The summed E-state index contributed by atoms with van der Waals surface area (Å²) < 4.78 is 1.63. The molecule has 2 aromatic carbocycles. The maximum atomic E-state index is 12.6. The van der Waals surface area contributed by atoms with Crippen LogP contribution in [-0.4, -0.2) is 21.6 Å². The van der Waals surface area contributed by atoms with Gasteiger partial charge in [0, 0.05) is 16.3 Å². The summed E-state index contributed by atoms with van der Waals surface area (Å²) in [6.45, 7) is 3.93. The van der Waals surface area contributed by atoms with Crippen LogP contribution in [0.2, 0.25) is 5.02 Å². The van der Waals surface area contributed by atoms with E-state index in [1.807, 2.05) is 56.3 Å². The summed E-state index contributed by atoms with van der Waals surface area (Å²) in [5.41, 5.74) is 4.30. The maximum Gasteiger partial charge on any atom is 0.251 e. The molecular formula is C22H21ClN4O2. The highest BCUT2D eigenvalue weighted by Crippen LogP contribution is 2.39. The summed E-state index contributed by atoms with van der Waals surface area (Å²) in [5, 5.41) is 11.0. The van der Waals surface area contributed by atoms with E-state index in [2.05, 4.69) is 15.7 Å². The molecule has 0 fully saturated rings. The first kappa shape index (κ1) is 19.2. The Bertz CT molecular complexity index is 1110. The number of halogens is 1. The molecule has 2 amide bonds. The third-order valence-electron chi connectivity index (χ3n) is 5.07. The number of rotatable bonds is 5. The SMILES string of the molecule is CCc1nn2c(c1-c1cccc(Cl)c1)NC(=O)C2CC(=O)Nc1ccccc1C. The van der Waals surface area contributed by atoms with Crippen molar-refractivity contribution in [3.63, 3.8) is 0 Å². The number of anilines is 2. The summed E-state index contributed by atoms with van der Waals surface area (Å²) in [4.78, 5) is 25.2. The smallest absolute Gasteiger partial charge is 0.251 e. The number of nitrogens with one attached hydrogen (secondary N) is 2. The predicted octanol–water partition coefficient (Wildman–Crippen LogP) is 4.60. The van der Waals surface area contributed by atoms with Gasteiger partial charge in [0.15, 0.2) is 0 Å². The molecule has 1 aliphatic rings. The lowest BCUT2D eigenvalue weighted by molar-refractivity contribution is -0.123. The molecule has 0 bridgehead atoms. The fourth-order valence-corrected chi connectivity index (χ4v) is 3.79. The van der Waals surface area contributed by atoms with Gasteiger partial charge in [0.1, 0.15) is 11.9 Å². The van der Waals surface area contributed by atoms with Gasteiger partial charge in [-0.3, -0.25) is 9.59 Å². The second-order valence-electron chi connectivity index (χ2n) is 7.05. The van der Waals surface area contributed by atoms with Gasteiger partial charge in [0.05, 0.1) is 12.1 Å². The van der Waals surface area contributed by atoms with Crippen molar-refractivity contribution in [3.05, 3.63) is 64.8 Å². The standard InChI is InChI=1S/C22H21ClN4O2/c1-3-16-20(14-8-6-9-15(23)11-14)21-25-22(29)18(27(21)26-16)12-19(28)24-17-10-5-4-7-13(17)2/h4-11,18H,3,12H2,1-2H3,(H,24,28)(H,25,29). The highest BCUT2D eigenvalue weighted by molar-refractivity contribution is 6.30. The third-order valence-corrected chi connectivity index (χ3v) is 5.30. The molecule has 7 heteroatoms. The predicted molar refractivity (Wildman–Crippen MR) is 114 cm³/mol. The van der Waals surface area contributed by atoms with E-state index in [1.165, 1.54) is 0 Å². The molecule has 148 valence electrons. The molecule has 29 heavy (non-hydrogen) atoms. The Morgan fingerprint density at radius 1 is 1.24 bits per heavy atom. The van der Waals surface area contributed by atoms with E-state index in [-0.39, 0.29) is 18.2 Å². The first-order chi connectivity index (χ1) is 14.0. The lowest BCUT2D eigenvalue weighted by atomic mass is 10.0. The van der Waals surface area contributed by atoms with Gasteiger partial charge in [0.25, 0.3) is 5.91 Å². The second-order valence-corrected chi connectivity index (χ2v) is 7.49. The van der Waals surface area contributed by atoms with Crippen molar-refractivity contribution >= 4 is 34.9 Å². The average Bonchev–Trinajstić information content (AvgIpc) is 3.19. The zero-order valence-corrected chi connectivity index (χ0v) is 17.0. The van der Waals surface area contributed by atoms with Gasteiger partial charge >= 0.3 is 0 Å². The van der Waals surface area contributed by atoms with Crippen LogP contribution in [0.3, 0.4) is 0 Å². The number of benzene rings is 2. The summed E-state index contributed by atoms with van der Waals surface area (Å²) >= 11 is 6.16. The minimum absolute atomic E-state index is 0.00693. The van der Waals surface area contributed by atoms with Crippen LogP contribution in [0.1, 0.15) is 30.6 Å². The second kappa shape index (κ2) is 7.72. The van der Waals surface area contributed by atoms with E-state index in [9.17, 15) is 9.59 Å². The van der Waals surface area contributed by atoms with Gasteiger partial charge in [-0.05, 0) is 42.7 Å². The van der Waals surface area contributed by atoms with E-state index < -0.39 is 6.04 Å². The van der Waals surface area contributed by atoms with Gasteiger partial charge < -0.3 is 10.6 Å². The summed E-state index contributed by atoms with van der Waals surface area (Å²) in [5.74, 6) is 0.145. The number of nitrogens with zero attached hydrogens (tertiary/aromatic N) is 2. The number of carbonyl (C=O) groups excluding carboxylic acids is 2. The van der Waals surface area contributed by atoms with Crippen LogP contribution in [0, 0.1) is 6.92 Å². The van der Waals surface area contributed by atoms with Crippen molar-refractivity contribution in [2.75, 3.05) is 10.6 Å². The molecule has 3 aromatic rings. The summed E-state index contributed by atoms with van der Waals surface area (Å²) in [7, 11) is 0. The number of hydrogen-bond acceptors (Lipinski definition) is 3. The van der Waals surface area contributed by atoms with Gasteiger partial charge in [0.2, 0.25) is 5.91 Å². The lowest BCUT2D eigenvalue weighted by Gasteiger charge is -2.11. The minimum Gasteiger partial charge on any atom is -0.326 e. The molecule has 0 aliphatic carbocycles. The average molecular weight is 409 g/mol. The van der Waals surface area contributed by atoms with Crippen LogP contribution in [0.25, 0.3) is 11.1 Å². The van der Waals surface area contributed by atoms with E-state index in [4.69, 9.17) is 11.6 Å². The van der Waals surface area contributed by atoms with Crippen molar-refractivity contribution in [1.82, 2.24) is 9.78 Å². The molecular weight excluding hydrogens is 388 g/mol. The van der Waals surface area contributed by atoms with Crippen LogP contribution in [0.4, 0.5) is 11.5 Å². The molecule has 0 radical (unpaired) electrons. The number of amides is 2. The number of para-hydroxylation sites is 1. The third kappa shape index (κ3) is 3.63. The van der Waals surface area contributed by atoms with E-state index in [1.54, 1.807) is 10.7 Å². The van der Waals surface area contributed by atoms with Crippen LogP contribution >= 0.6 is 11.6 Å². The number of fused-ring (bicyclic) bond motifs is 1. The Kier molecular flexibility index (Phi) is 5.11. The number of hydrogen-bond donors (Lipinski definition) is 2. The van der Waals surface area contributed by atoms with Crippen molar-refractivity contribution in [3.8, 4) is 11.1 Å². The zero-order chi connectivity index (χ0) is 20.5. The molecule has 0 saturated heterocycles. The largest absolute Gasteiger partial charge is 0.326 e. The van der Waals surface area contributed by atoms with Crippen LogP contribution in [0.5, 0.6) is 0 Å². The van der Waals surface area contributed by atoms with Gasteiger partial charge in [-0.15, -0.1) is 0 Å². The van der Waals surface area contributed by atoms with E-state index in [0.29, 0.717) is 17.3 Å².